The van der Waals surface area contributed by atoms with E-state index in [1.165, 1.54) is 12.1 Å². The lowest BCUT2D eigenvalue weighted by atomic mass is 10.2. The molecule has 1 aromatic carbocycles. The molecule has 2 heterocycles. The highest BCUT2D eigenvalue weighted by molar-refractivity contribution is 9.10. The number of rotatable bonds is 3. The van der Waals surface area contributed by atoms with Gasteiger partial charge in [0, 0.05) is 55.0 Å². The molecule has 0 amide bonds. The van der Waals surface area contributed by atoms with E-state index in [9.17, 15) is 8.78 Å². The Morgan fingerprint density at radius 1 is 1.05 bits per heavy atom. The summed E-state index contributed by atoms with van der Waals surface area (Å²) in [5, 5.41) is 0. The van der Waals surface area contributed by atoms with Gasteiger partial charge in [0.2, 0.25) is 0 Å². The number of hydrogen-bond acceptors (Lipinski definition) is 3. The molecule has 0 radical (unpaired) electrons. The number of halogens is 3. The van der Waals surface area contributed by atoms with Crippen molar-refractivity contribution in [1.82, 2.24) is 9.88 Å². The van der Waals surface area contributed by atoms with Crippen molar-refractivity contribution in [2.75, 3.05) is 31.1 Å². The second-order valence-corrected chi connectivity index (χ2v) is 6.25. The second kappa shape index (κ2) is 6.71. The summed E-state index contributed by atoms with van der Waals surface area (Å²) in [5.74, 6) is -0.0554. The lowest BCUT2D eigenvalue weighted by molar-refractivity contribution is 0.246. The smallest absolute Gasteiger partial charge is 0.130 e. The largest absolute Gasteiger partial charge is 0.354 e. The SMILES string of the molecule is Fc1ccc(CN2CCN(c3ccc(Br)cn3)CC2)c(F)c1. The van der Waals surface area contributed by atoms with Crippen molar-refractivity contribution in [2.24, 2.45) is 0 Å². The number of piperazine rings is 1. The van der Waals surface area contributed by atoms with E-state index in [0.29, 0.717) is 12.1 Å². The fraction of sp³-hybridized carbons (Fsp3) is 0.312. The van der Waals surface area contributed by atoms with Crippen molar-refractivity contribution >= 4 is 21.7 Å². The van der Waals surface area contributed by atoms with Crippen LogP contribution in [0.2, 0.25) is 0 Å². The van der Waals surface area contributed by atoms with Crippen LogP contribution >= 0.6 is 15.9 Å². The molecular formula is C16H16BrF2N3. The molecular weight excluding hydrogens is 352 g/mol. The minimum Gasteiger partial charge on any atom is -0.354 e. The molecule has 1 aliphatic heterocycles. The Kier molecular flexibility index (Phi) is 4.69. The molecule has 0 spiro atoms. The first-order chi connectivity index (χ1) is 10.6. The Hall–Kier alpha value is -1.53. The summed E-state index contributed by atoms with van der Waals surface area (Å²) in [5.41, 5.74) is 0.539. The fourth-order valence-electron chi connectivity index (χ4n) is 2.58. The highest BCUT2D eigenvalue weighted by Crippen LogP contribution is 2.18. The maximum atomic E-state index is 13.7. The summed E-state index contributed by atoms with van der Waals surface area (Å²) in [4.78, 5) is 8.78. The van der Waals surface area contributed by atoms with Crippen molar-refractivity contribution < 1.29 is 8.78 Å². The molecule has 0 aliphatic carbocycles. The van der Waals surface area contributed by atoms with E-state index >= 15 is 0 Å². The maximum Gasteiger partial charge on any atom is 0.130 e. The van der Waals surface area contributed by atoms with Gasteiger partial charge in [-0.05, 0) is 34.1 Å². The molecule has 22 heavy (non-hydrogen) atoms. The standard InChI is InChI=1S/C16H16BrF2N3/c17-13-2-4-16(20-10-13)22-7-5-21(6-8-22)11-12-1-3-14(18)9-15(12)19/h1-4,9-10H,5-8,11H2. The number of benzene rings is 1. The molecule has 0 atom stereocenters. The van der Waals surface area contributed by atoms with Crippen LogP contribution in [0, 0.1) is 11.6 Å². The molecule has 1 aliphatic rings. The Balaban J connectivity index is 1.58. The van der Waals surface area contributed by atoms with Gasteiger partial charge in [-0.15, -0.1) is 0 Å². The van der Waals surface area contributed by atoms with Gasteiger partial charge in [0.15, 0.2) is 0 Å². The van der Waals surface area contributed by atoms with Crippen LogP contribution < -0.4 is 4.90 Å². The van der Waals surface area contributed by atoms with E-state index < -0.39 is 11.6 Å². The maximum absolute atomic E-state index is 13.7. The average molecular weight is 368 g/mol. The number of anilines is 1. The van der Waals surface area contributed by atoms with Gasteiger partial charge in [-0.25, -0.2) is 13.8 Å². The highest BCUT2D eigenvalue weighted by atomic mass is 79.9. The van der Waals surface area contributed by atoms with Gasteiger partial charge in [-0.2, -0.15) is 0 Å². The number of aromatic nitrogens is 1. The Morgan fingerprint density at radius 3 is 2.45 bits per heavy atom. The van der Waals surface area contributed by atoms with Gasteiger partial charge < -0.3 is 4.90 Å². The van der Waals surface area contributed by atoms with Gasteiger partial charge in [0.05, 0.1) is 0 Å². The Labute approximate surface area is 136 Å². The summed E-state index contributed by atoms with van der Waals surface area (Å²) in [6.45, 7) is 3.85. The van der Waals surface area contributed by atoms with Gasteiger partial charge in [0.25, 0.3) is 0 Å². The lowest BCUT2D eigenvalue weighted by Gasteiger charge is -2.35. The second-order valence-electron chi connectivity index (χ2n) is 5.33. The van der Waals surface area contributed by atoms with Crippen molar-refractivity contribution in [1.29, 1.82) is 0 Å². The monoisotopic (exact) mass is 367 g/mol. The minimum atomic E-state index is -0.535. The summed E-state index contributed by atoms with van der Waals surface area (Å²) in [6, 6.07) is 7.73. The van der Waals surface area contributed by atoms with E-state index in [1.807, 2.05) is 12.1 Å². The Bertz CT molecular complexity index is 640. The van der Waals surface area contributed by atoms with Crippen LogP contribution in [-0.2, 0) is 6.54 Å². The van der Waals surface area contributed by atoms with Gasteiger partial charge in [0.1, 0.15) is 17.5 Å². The Morgan fingerprint density at radius 2 is 1.82 bits per heavy atom. The summed E-state index contributed by atoms with van der Waals surface area (Å²) in [6.07, 6.45) is 1.79. The van der Waals surface area contributed by atoms with Gasteiger partial charge >= 0.3 is 0 Å². The van der Waals surface area contributed by atoms with Crippen LogP contribution in [0.25, 0.3) is 0 Å². The van der Waals surface area contributed by atoms with Crippen molar-refractivity contribution in [2.45, 2.75) is 6.54 Å². The van der Waals surface area contributed by atoms with Crippen LogP contribution in [0.3, 0.4) is 0 Å². The first kappa shape index (κ1) is 15.4. The van der Waals surface area contributed by atoms with Crippen LogP contribution in [0.4, 0.5) is 14.6 Å². The van der Waals surface area contributed by atoms with E-state index in [2.05, 4.69) is 30.7 Å². The first-order valence-corrected chi connectivity index (χ1v) is 7.94. The quantitative estimate of drug-likeness (QED) is 0.828. The predicted octanol–water partition coefficient (Wildman–Crippen LogP) is 3.44. The zero-order valence-electron chi connectivity index (χ0n) is 12.0. The van der Waals surface area contributed by atoms with Crippen LogP contribution in [0.5, 0.6) is 0 Å². The molecule has 116 valence electrons. The van der Waals surface area contributed by atoms with Crippen molar-refractivity contribution in [3.8, 4) is 0 Å². The summed E-state index contributed by atoms with van der Waals surface area (Å²) >= 11 is 3.38. The summed E-state index contributed by atoms with van der Waals surface area (Å²) < 4.78 is 27.6. The van der Waals surface area contributed by atoms with E-state index in [0.717, 1.165) is 42.5 Å². The molecule has 1 aromatic heterocycles. The average Bonchev–Trinajstić information content (AvgIpc) is 2.52. The lowest BCUT2D eigenvalue weighted by Crippen LogP contribution is -2.46. The van der Waals surface area contributed by atoms with Crippen molar-refractivity contribution in [3.05, 3.63) is 58.2 Å². The summed E-state index contributed by atoms with van der Waals surface area (Å²) in [7, 11) is 0. The molecule has 0 unspecified atom stereocenters. The van der Waals surface area contributed by atoms with Crippen molar-refractivity contribution in [3.63, 3.8) is 0 Å². The number of hydrogen-bond donors (Lipinski definition) is 0. The first-order valence-electron chi connectivity index (χ1n) is 7.14. The third-order valence-corrected chi connectivity index (χ3v) is 4.29. The molecule has 1 fully saturated rings. The zero-order chi connectivity index (χ0) is 15.5. The molecule has 0 bridgehead atoms. The third kappa shape index (κ3) is 3.62. The molecule has 3 rings (SSSR count). The number of pyridine rings is 1. The van der Waals surface area contributed by atoms with Crippen LogP contribution in [0.15, 0.2) is 41.0 Å². The molecule has 0 N–H and O–H groups in total. The zero-order valence-corrected chi connectivity index (χ0v) is 13.6. The van der Waals surface area contributed by atoms with E-state index in [1.54, 1.807) is 6.20 Å². The number of nitrogens with zero attached hydrogens (tertiary/aromatic N) is 3. The van der Waals surface area contributed by atoms with Crippen LogP contribution in [0.1, 0.15) is 5.56 Å². The van der Waals surface area contributed by atoms with Gasteiger partial charge in [-0.3, -0.25) is 4.90 Å². The normalized spacial score (nSPS) is 16.0. The van der Waals surface area contributed by atoms with E-state index in [4.69, 9.17) is 0 Å². The predicted molar refractivity (Wildman–Crippen MR) is 85.8 cm³/mol. The third-order valence-electron chi connectivity index (χ3n) is 3.82. The molecule has 3 nitrogen and oxygen atoms in total. The molecule has 6 heteroatoms. The molecule has 2 aromatic rings. The molecule has 1 saturated heterocycles. The molecule has 0 saturated carbocycles. The van der Waals surface area contributed by atoms with E-state index in [-0.39, 0.29) is 0 Å². The topological polar surface area (TPSA) is 19.4 Å². The minimum absolute atomic E-state index is 0.475. The highest BCUT2D eigenvalue weighted by Gasteiger charge is 2.19. The van der Waals surface area contributed by atoms with Gasteiger partial charge in [-0.1, -0.05) is 6.07 Å². The fourth-order valence-corrected chi connectivity index (χ4v) is 2.82. The van der Waals surface area contributed by atoms with Crippen LogP contribution in [-0.4, -0.2) is 36.1 Å².